The number of anilines is 1. The molecule has 1 N–H and O–H groups in total. The van der Waals surface area contributed by atoms with Crippen LogP contribution in [-0.4, -0.2) is 30.5 Å². The second-order valence-electron chi connectivity index (χ2n) is 7.68. The van der Waals surface area contributed by atoms with Crippen LogP contribution < -0.4 is 10.1 Å². The van der Waals surface area contributed by atoms with Crippen LogP contribution in [-0.2, 0) is 11.3 Å². The van der Waals surface area contributed by atoms with Gasteiger partial charge in [-0.3, -0.25) is 9.69 Å². The van der Waals surface area contributed by atoms with E-state index in [1.807, 2.05) is 43.3 Å². The summed E-state index contributed by atoms with van der Waals surface area (Å²) in [5.74, 6) is 1.14. The van der Waals surface area contributed by atoms with Crippen molar-refractivity contribution in [1.82, 2.24) is 4.90 Å². The lowest BCUT2D eigenvalue weighted by atomic mass is 9.95. The minimum atomic E-state index is 0.0764. The highest BCUT2D eigenvalue weighted by atomic mass is 16.5. The Morgan fingerprint density at radius 1 is 1.00 bits per heavy atom. The minimum Gasteiger partial charge on any atom is -0.494 e. The molecule has 1 heterocycles. The van der Waals surface area contributed by atoms with Crippen molar-refractivity contribution in [2.75, 3.05) is 25.0 Å². The highest BCUT2D eigenvalue weighted by Gasteiger charge is 2.25. The number of fused-ring (bicyclic) bond motifs is 1. The van der Waals surface area contributed by atoms with Gasteiger partial charge < -0.3 is 10.1 Å². The number of ether oxygens (including phenoxy) is 1. The van der Waals surface area contributed by atoms with Crippen LogP contribution >= 0.6 is 0 Å². The number of nitrogens with zero attached hydrogens (tertiary/aromatic N) is 1. The van der Waals surface area contributed by atoms with Gasteiger partial charge in [-0.05, 0) is 73.5 Å². The molecule has 0 atom stereocenters. The van der Waals surface area contributed by atoms with E-state index < -0.39 is 0 Å². The summed E-state index contributed by atoms with van der Waals surface area (Å²) in [6.07, 6.45) is 1.79. The Bertz CT molecular complexity index is 977. The summed E-state index contributed by atoms with van der Waals surface area (Å²) in [7, 11) is 0. The zero-order valence-corrected chi connectivity index (χ0v) is 16.9. The van der Waals surface area contributed by atoms with Crippen LogP contribution in [0.5, 0.6) is 5.75 Å². The second kappa shape index (κ2) is 9.10. The number of carbonyl (C=O) groups is 1. The van der Waals surface area contributed by atoms with E-state index in [0.717, 1.165) is 49.3 Å². The van der Waals surface area contributed by atoms with Crippen LogP contribution in [0.25, 0.3) is 10.8 Å². The third-order valence-electron chi connectivity index (χ3n) is 5.59. The quantitative estimate of drug-likeness (QED) is 0.640. The van der Waals surface area contributed by atoms with Crippen LogP contribution in [0, 0.1) is 5.92 Å². The van der Waals surface area contributed by atoms with Gasteiger partial charge in [-0.1, -0.05) is 42.5 Å². The molecule has 1 aliphatic rings. The number of hydrogen-bond acceptors (Lipinski definition) is 3. The number of rotatable bonds is 6. The fourth-order valence-electron chi connectivity index (χ4n) is 4.02. The van der Waals surface area contributed by atoms with Crippen LogP contribution in [0.3, 0.4) is 0 Å². The smallest absolute Gasteiger partial charge is 0.227 e. The lowest BCUT2D eigenvalue weighted by Crippen LogP contribution is -2.37. The Morgan fingerprint density at radius 3 is 2.59 bits per heavy atom. The molecule has 1 saturated heterocycles. The summed E-state index contributed by atoms with van der Waals surface area (Å²) in [5, 5.41) is 5.45. The van der Waals surface area contributed by atoms with Crippen molar-refractivity contribution in [3.63, 3.8) is 0 Å². The van der Waals surface area contributed by atoms with Crippen molar-refractivity contribution in [2.45, 2.75) is 26.3 Å². The Labute approximate surface area is 172 Å². The Balaban J connectivity index is 1.30. The molecule has 3 aromatic rings. The zero-order chi connectivity index (χ0) is 20.1. The molecular weight excluding hydrogens is 360 g/mol. The molecule has 0 bridgehead atoms. The average molecular weight is 389 g/mol. The molecule has 0 saturated carbocycles. The Kier molecular flexibility index (Phi) is 6.11. The van der Waals surface area contributed by atoms with Gasteiger partial charge in [0.1, 0.15) is 5.75 Å². The molecule has 0 aromatic heterocycles. The first kappa shape index (κ1) is 19.5. The first-order valence-corrected chi connectivity index (χ1v) is 10.4. The van der Waals surface area contributed by atoms with Gasteiger partial charge in [0, 0.05) is 18.2 Å². The van der Waals surface area contributed by atoms with Crippen LogP contribution in [0.1, 0.15) is 25.3 Å². The lowest BCUT2D eigenvalue weighted by Gasteiger charge is -2.31. The lowest BCUT2D eigenvalue weighted by molar-refractivity contribution is -0.121. The summed E-state index contributed by atoms with van der Waals surface area (Å²) in [6.45, 7) is 5.46. The summed E-state index contributed by atoms with van der Waals surface area (Å²) >= 11 is 0. The highest BCUT2D eigenvalue weighted by molar-refractivity contribution is 5.95. The standard InChI is InChI=1S/C25H28N2O2/c1-2-29-24-9-5-6-19(16-24)18-27-14-12-21(13-15-27)25(28)26-23-11-10-20-7-3-4-8-22(20)17-23/h3-11,16-17,21H,2,12-15,18H2,1H3,(H,26,28). The van der Waals surface area contributed by atoms with Crippen molar-refractivity contribution in [3.8, 4) is 5.75 Å². The van der Waals surface area contributed by atoms with E-state index in [1.54, 1.807) is 0 Å². The molecule has 1 amide bonds. The molecule has 0 unspecified atom stereocenters. The second-order valence-corrected chi connectivity index (χ2v) is 7.68. The van der Waals surface area contributed by atoms with E-state index in [2.05, 4.69) is 40.5 Å². The average Bonchev–Trinajstić information content (AvgIpc) is 2.75. The maximum Gasteiger partial charge on any atom is 0.227 e. The largest absolute Gasteiger partial charge is 0.494 e. The van der Waals surface area contributed by atoms with Gasteiger partial charge in [0.15, 0.2) is 0 Å². The third kappa shape index (κ3) is 4.96. The predicted molar refractivity (Wildman–Crippen MR) is 118 cm³/mol. The molecule has 150 valence electrons. The fourth-order valence-corrected chi connectivity index (χ4v) is 4.02. The number of amides is 1. The van der Waals surface area contributed by atoms with Gasteiger partial charge >= 0.3 is 0 Å². The van der Waals surface area contributed by atoms with Crippen molar-refractivity contribution >= 4 is 22.4 Å². The number of nitrogens with one attached hydrogen (secondary N) is 1. The molecule has 3 aromatic carbocycles. The first-order valence-electron chi connectivity index (χ1n) is 10.4. The van der Waals surface area contributed by atoms with Crippen molar-refractivity contribution in [3.05, 3.63) is 72.3 Å². The maximum atomic E-state index is 12.7. The molecule has 1 aliphatic heterocycles. The van der Waals surface area contributed by atoms with E-state index in [9.17, 15) is 4.79 Å². The molecule has 1 fully saturated rings. The first-order chi connectivity index (χ1) is 14.2. The fraction of sp³-hybridized carbons (Fsp3) is 0.320. The number of carbonyl (C=O) groups excluding carboxylic acids is 1. The third-order valence-corrected chi connectivity index (χ3v) is 5.59. The SMILES string of the molecule is CCOc1cccc(CN2CCC(C(=O)Nc3ccc4ccccc4c3)CC2)c1. The van der Waals surface area contributed by atoms with Crippen molar-refractivity contribution in [2.24, 2.45) is 5.92 Å². The summed E-state index contributed by atoms with van der Waals surface area (Å²) < 4.78 is 5.60. The number of hydrogen-bond donors (Lipinski definition) is 1. The normalized spacial score (nSPS) is 15.3. The molecule has 4 rings (SSSR count). The number of piperidine rings is 1. The van der Waals surface area contributed by atoms with Gasteiger partial charge in [-0.15, -0.1) is 0 Å². The summed E-state index contributed by atoms with van der Waals surface area (Å²) in [6, 6.07) is 22.6. The zero-order valence-electron chi connectivity index (χ0n) is 16.9. The van der Waals surface area contributed by atoms with Gasteiger partial charge in [-0.25, -0.2) is 0 Å². The van der Waals surface area contributed by atoms with Crippen molar-refractivity contribution < 1.29 is 9.53 Å². The molecule has 0 radical (unpaired) electrons. The molecule has 0 aliphatic carbocycles. The molecule has 29 heavy (non-hydrogen) atoms. The maximum absolute atomic E-state index is 12.7. The van der Waals surface area contributed by atoms with Gasteiger partial charge in [0.25, 0.3) is 0 Å². The van der Waals surface area contributed by atoms with E-state index in [0.29, 0.717) is 6.61 Å². The van der Waals surface area contributed by atoms with E-state index in [1.165, 1.54) is 10.9 Å². The Morgan fingerprint density at radius 2 is 1.79 bits per heavy atom. The van der Waals surface area contributed by atoms with Gasteiger partial charge in [0.05, 0.1) is 6.61 Å². The van der Waals surface area contributed by atoms with E-state index >= 15 is 0 Å². The monoisotopic (exact) mass is 388 g/mol. The summed E-state index contributed by atoms with van der Waals surface area (Å²) in [5.41, 5.74) is 2.14. The minimum absolute atomic E-state index is 0.0764. The predicted octanol–water partition coefficient (Wildman–Crippen LogP) is 5.09. The van der Waals surface area contributed by atoms with Crippen LogP contribution in [0.15, 0.2) is 66.7 Å². The summed E-state index contributed by atoms with van der Waals surface area (Å²) in [4.78, 5) is 15.2. The Hall–Kier alpha value is -2.85. The molecule has 4 nitrogen and oxygen atoms in total. The van der Waals surface area contributed by atoms with E-state index in [-0.39, 0.29) is 11.8 Å². The number of benzene rings is 3. The van der Waals surface area contributed by atoms with E-state index in [4.69, 9.17) is 4.74 Å². The van der Waals surface area contributed by atoms with Gasteiger partial charge in [-0.2, -0.15) is 0 Å². The van der Waals surface area contributed by atoms with Crippen LogP contribution in [0.4, 0.5) is 5.69 Å². The topological polar surface area (TPSA) is 41.6 Å². The van der Waals surface area contributed by atoms with Crippen molar-refractivity contribution in [1.29, 1.82) is 0 Å². The van der Waals surface area contributed by atoms with Gasteiger partial charge in [0.2, 0.25) is 5.91 Å². The molecular formula is C25H28N2O2. The number of likely N-dealkylation sites (tertiary alicyclic amines) is 1. The molecule has 0 spiro atoms. The highest BCUT2D eigenvalue weighted by Crippen LogP contribution is 2.24. The van der Waals surface area contributed by atoms with Crippen LogP contribution in [0.2, 0.25) is 0 Å². The molecule has 4 heteroatoms.